The normalized spacial score (nSPS) is 15.3. The minimum absolute atomic E-state index is 0.0691. The third kappa shape index (κ3) is 5.25. The molecule has 1 heterocycles. The fourth-order valence-corrected chi connectivity index (χ4v) is 3.18. The maximum Gasteiger partial charge on any atom is 0.262 e. The number of ether oxygens (including phenoxy) is 1. The summed E-state index contributed by atoms with van der Waals surface area (Å²) in [5, 5.41) is 5.83. The van der Waals surface area contributed by atoms with Gasteiger partial charge in [0.1, 0.15) is 5.75 Å². The van der Waals surface area contributed by atoms with Crippen LogP contribution in [0.25, 0.3) is 0 Å². The summed E-state index contributed by atoms with van der Waals surface area (Å²) in [5.74, 6) is 0.411. The Morgan fingerprint density at radius 2 is 1.79 bits per heavy atom. The van der Waals surface area contributed by atoms with E-state index in [-0.39, 0.29) is 18.4 Å². The second-order valence-electron chi connectivity index (χ2n) is 6.83. The van der Waals surface area contributed by atoms with Crippen LogP contribution in [0.4, 0.5) is 5.69 Å². The van der Waals surface area contributed by atoms with Gasteiger partial charge < -0.3 is 20.3 Å². The van der Waals surface area contributed by atoms with E-state index in [2.05, 4.69) is 10.6 Å². The number of fused-ring (bicyclic) bond motifs is 1. The molecule has 3 rings (SSSR count). The van der Waals surface area contributed by atoms with Crippen LogP contribution in [0, 0.1) is 0 Å². The number of nitrogens with zero attached hydrogens (tertiary/aromatic N) is 1. The van der Waals surface area contributed by atoms with Crippen LogP contribution in [-0.4, -0.2) is 44.1 Å². The molecular weight excluding hydrogens is 354 g/mol. The SMILES string of the molecule is CCCNC(=O)[C@@H]1CN(CC(=O)NCCc2ccccc2)c2ccccc2O1. The van der Waals surface area contributed by atoms with Crippen molar-refractivity contribution in [1.82, 2.24) is 10.6 Å². The van der Waals surface area contributed by atoms with E-state index in [0.717, 1.165) is 18.5 Å². The smallest absolute Gasteiger partial charge is 0.262 e. The molecule has 0 saturated carbocycles. The molecule has 0 saturated heterocycles. The van der Waals surface area contributed by atoms with Gasteiger partial charge in [0.2, 0.25) is 5.91 Å². The molecule has 2 aromatic carbocycles. The monoisotopic (exact) mass is 381 g/mol. The van der Waals surface area contributed by atoms with Crippen LogP contribution in [0.2, 0.25) is 0 Å². The van der Waals surface area contributed by atoms with Gasteiger partial charge in [-0.3, -0.25) is 9.59 Å². The molecule has 1 aliphatic heterocycles. The van der Waals surface area contributed by atoms with E-state index >= 15 is 0 Å². The lowest BCUT2D eigenvalue weighted by atomic mass is 10.1. The van der Waals surface area contributed by atoms with E-state index in [0.29, 0.717) is 25.4 Å². The number of para-hydroxylation sites is 2. The second kappa shape index (κ2) is 9.78. The van der Waals surface area contributed by atoms with Gasteiger partial charge in [-0.05, 0) is 30.5 Å². The van der Waals surface area contributed by atoms with E-state index in [1.807, 2.05) is 66.4 Å². The van der Waals surface area contributed by atoms with Gasteiger partial charge in [-0.2, -0.15) is 0 Å². The first-order chi connectivity index (χ1) is 13.7. The Morgan fingerprint density at radius 3 is 2.57 bits per heavy atom. The first-order valence-electron chi connectivity index (χ1n) is 9.76. The Kier molecular flexibility index (Phi) is 6.89. The lowest BCUT2D eigenvalue weighted by molar-refractivity contribution is -0.128. The number of carbonyl (C=O) groups excluding carboxylic acids is 2. The summed E-state index contributed by atoms with van der Waals surface area (Å²) in [6.45, 7) is 3.73. The highest BCUT2D eigenvalue weighted by Gasteiger charge is 2.31. The Bertz CT molecular complexity index is 795. The summed E-state index contributed by atoms with van der Waals surface area (Å²) in [6.07, 6.45) is 1.02. The Labute approximate surface area is 165 Å². The zero-order chi connectivity index (χ0) is 19.8. The molecule has 2 amide bonds. The minimum atomic E-state index is -0.626. The van der Waals surface area contributed by atoms with Crippen molar-refractivity contribution >= 4 is 17.5 Å². The molecule has 0 unspecified atom stereocenters. The number of hydrogen-bond acceptors (Lipinski definition) is 4. The number of anilines is 1. The van der Waals surface area contributed by atoms with Crippen molar-refractivity contribution in [2.24, 2.45) is 0 Å². The van der Waals surface area contributed by atoms with Crippen LogP contribution < -0.4 is 20.3 Å². The van der Waals surface area contributed by atoms with Crippen LogP contribution in [-0.2, 0) is 16.0 Å². The van der Waals surface area contributed by atoms with Gasteiger partial charge in [0.25, 0.3) is 5.91 Å². The van der Waals surface area contributed by atoms with Crippen molar-refractivity contribution in [2.75, 3.05) is 31.1 Å². The number of rotatable bonds is 8. The van der Waals surface area contributed by atoms with E-state index < -0.39 is 6.10 Å². The topological polar surface area (TPSA) is 70.7 Å². The summed E-state index contributed by atoms with van der Waals surface area (Å²) in [5.41, 5.74) is 2.02. The molecule has 0 spiro atoms. The van der Waals surface area contributed by atoms with Crippen molar-refractivity contribution in [3.05, 3.63) is 60.2 Å². The molecule has 1 aliphatic rings. The second-order valence-corrected chi connectivity index (χ2v) is 6.83. The van der Waals surface area contributed by atoms with Crippen LogP contribution in [0.3, 0.4) is 0 Å². The molecule has 0 fully saturated rings. The zero-order valence-electron chi connectivity index (χ0n) is 16.2. The summed E-state index contributed by atoms with van der Waals surface area (Å²) in [6, 6.07) is 17.6. The lowest BCUT2D eigenvalue weighted by Crippen LogP contribution is -2.51. The summed E-state index contributed by atoms with van der Waals surface area (Å²) in [7, 11) is 0. The Hall–Kier alpha value is -3.02. The molecule has 0 radical (unpaired) electrons. The number of carbonyl (C=O) groups is 2. The van der Waals surface area contributed by atoms with Crippen LogP contribution in [0.1, 0.15) is 18.9 Å². The van der Waals surface area contributed by atoms with Crippen LogP contribution in [0.15, 0.2) is 54.6 Å². The molecule has 1 atom stereocenters. The van der Waals surface area contributed by atoms with Gasteiger partial charge in [-0.1, -0.05) is 49.4 Å². The van der Waals surface area contributed by atoms with Gasteiger partial charge in [0.05, 0.1) is 18.8 Å². The number of amides is 2. The minimum Gasteiger partial charge on any atom is -0.477 e. The first kappa shape index (κ1) is 19.7. The third-order valence-electron chi connectivity index (χ3n) is 4.62. The fraction of sp³-hybridized carbons (Fsp3) is 0.364. The van der Waals surface area contributed by atoms with Gasteiger partial charge in [0.15, 0.2) is 6.10 Å². The van der Waals surface area contributed by atoms with Gasteiger partial charge in [-0.15, -0.1) is 0 Å². The van der Waals surface area contributed by atoms with Gasteiger partial charge >= 0.3 is 0 Å². The maximum absolute atomic E-state index is 12.5. The fourth-order valence-electron chi connectivity index (χ4n) is 3.18. The third-order valence-corrected chi connectivity index (χ3v) is 4.62. The quantitative estimate of drug-likeness (QED) is 0.735. The predicted octanol–water partition coefficient (Wildman–Crippen LogP) is 2.14. The largest absolute Gasteiger partial charge is 0.477 e. The number of hydrogen-bond donors (Lipinski definition) is 2. The number of nitrogens with one attached hydrogen (secondary N) is 2. The van der Waals surface area contributed by atoms with Crippen molar-refractivity contribution in [2.45, 2.75) is 25.9 Å². The molecular formula is C22H27N3O3. The molecule has 28 heavy (non-hydrogen) atoms. The van der Waals surface area contributed by atoms with Gasteiger partial charge in [0, 0.05) is 13.1 Å². The van der Waals surface area contributed by atoms with Crippen molar-refractivity contribution < 1.29 is 14.3 Å². The van der Waals surface area contributed by atoms with Crippen molar-refractivity contribution in [3.8, 4) is 5.75 Å². The highest BCUT2D eigenvalue weighted by atomic mass is 16.5. The summed E-state index contributed by atoms with van der Waals surface area (Å²) in [4.78, 5) is 26.7. The zero-order valence-corrected chi connectivity index (χ0v) is 16.2. The molecule has 2 N–H and O–H groups in total. The first-order valence-corrected chi connectivity index (χ1v) is 9.76. The van der Waals surface area contributed by atoms with Gasteiger partial charge in [-0.25, -0.2) is 0 Å². The average molecular weight is 381 g/mol. The van der Waals surface area contributed by atoms with Crippen LogP contribution in [0.5, 0.6) is 5.75 Å². The maximum atomic E-state index is 12.5. The van der Waals surface area contributed by atoms with E-state index in [9.17, 15) is 9.59 Å². The Morgan fingerprint density at radius 1 is 1.04 bits per heavy atom. The van der Waals surface area contributed by atoms with E-state index in [1.54, 1.807) is 0 Å². The standard InChI is InChI=1S/C22H27N3O3/c1-2-13-24-22(27)20-15-25(18-10-6-7-11-19(18)28-20)16-21(26)23-14-12-17-8-4-3-5-9-17/h3-11,20H,2,12-16H2,1H3,(H,23,26)(H,24,27)/t20-/m0/s1. The molecule has 6 heteroatoms. The molecule has 0 aromatic heterocycles. The molecule has 148 valence electrons. The molecule has 0 bridgehead atoms. The molecule has 2 aromatic rings. The van der Waals surface area contributed by atoms with E-state index in [1.165, 1.54) is 5.56 Å². The lowest BCUT2D eigenvalue weighted by Gasteiger charge is -2.35. The van der Waals surface area contributed by atoms with Crippen molar-refractivity contribution in [3.63, 3.8) is 0 Å². The Balaban J connectivity index is 1.59. The predicted molar refractivity (Wildman–Crippen MR) is 110 cm³/mol. The molecule has 0 aliphatic carbocycles. The number of benzene rings is 2. The average Bonchev–Trinajstić information content (AvgIpc) is 2.72. The summed E-state index contributed by atoms with van der Waals surface area (Å²) < 4.78 is 5.86. The van der Waals surface area contributed by atoms with E-state index in [4.69, 9.17) is 4.74 Å². The highest BCUT2D eigenvalue weighted by Crippen LogP contribution is 2.32. The molecule has 6 nitrogen and oxygen atoms in total. The van der Waals surface area contributed by atoms with Crippen molar-refractivity contribution in [1.29, 1.82) is 0 Å². The highest BCUT2D eigenvalue weighted by molar-refractivity contribution is 5.86. The summed E-state index contributed by atoms with van der Waals surface area (Å²) >= 11 is 0. The van der Waals surface area contributed by atoms with Crippen LogP contribution >= 0.6 is 0 Å².